The number of hydrogen-bond donors (Lipinski definition) is 1. The van der Waals surface area contributed by atoms with Gasteiger partial charge in [0, 0.05) is 11.9 Å². The Morgan fingerprint density at radius 1 is 1.33 bits per heavy atom. The van der Waals surface area contributed by atoms with E-state index in [-0.39, 0.29) is 11.2 Å². The fourth-order valence-corrected chi connectivity index (χ4v) is 2.83. The SMILES string of the molecule is O=C(OCCC(S)CCCC1CCCO1)c1ccccc1. The van der Waals surface area contributed by atoms with E-state index in [0.717, 1.165) is 32.3 Å². The van der Waals surface area contributed by atoms with Crippen molar-refractivity contribution in [3.8, 4) is 0 Å². The fraction of sp³-hybridized carbons (Fsp3) is 0.588. The summed E-state index contributed by atoms with van der Waals surface area (Å²) in [4.78, 5) is 11.8. The summed E-state index contributed by atoms with van der Waals surface area (Å²) < 4.78 is 10.9. The van der Waals surface area contributed by atoms with E-state index in [1.54, 1.807) is 12.1 Å². The molecule has 0 amide bonds. The van der Waals surface area contributed by atoms with Crippen LogP contribution in [0, 0.1) is 0 Å². The first-order valence-corrected chi connectivity index (χ1v) is 8.29. The van der Waals surface area contributed by atoms with E-state index in [1.165, 1.54) is 12.8 Å². The van der Waals surface area contributed by atoms with E-state index >= 15 is 0 Å². The second kappa shape index (κ2) is 9.11. The molecule has 0 aliphatic carbocycles. The number of thiol groups is 1. The van der Waals surface area contributed by atoms with E-state index < -0.39 is 0 Å². The molecule has 3 nitrogen and oxygen atoms in total. The molecule has 1 aromatic rings. The van der Waals surface area contributed by atoms with Crippen molar-refractivity contribution < 1.29 is 14.3 Å². The zero-order chi connectivity index (χ0) is 14.9. The Morgan fingerprint density at radius 2 is 2.14 bits per heavy atom. The highest BCUT2D eigenvalue weighted by Gasteiger charge is 2.15. The number of ether oxygens (including phenoxy) is 2. The monoisotopic (exact) mass is 308 g/mol. The Labute approximate surface area is 132 Å². The molecular weight excluding hydrogens is 284 g/mol. The summed E-state index contributed by atoms with van der Waals surface area (Å²) in [6, 6.07) is 9.09. The van der Waals surface area contributed by atoms with E-state index in [9.17, 15) is 4.79 Å². The van der Waals surface area contributed by atoms with Gasteiger partial charge in [0.1, 0.15) is 0 Å². The molecule has 21 heavy (non-hydrogen) atoms. The molecule has 0 bridgehead atoms. The van der Waals surface area contributed by atoms with Gasteiger partial charge in [-0.05, 0) is 50.7 Å². The molecule has 2 unspecified atom stereocenters. The first-order valence-electron chi connectivity index (χ1n) is 7.77. The molecule has 1 aromatic carbocycles. The molecule has 1 saturated heterocycles. The Hall–Kier alpha value is -1.00. The van der Waals surface area contributed by atoms with Gasteiger partial charge in [0.15, 0.2) is 0 Å². The number of esters is 1. The quantitative estimate of drug-likeness (QED) is 0.585. The maximum atomic E-state index is 11.8. The number of benzene rings is 1. The van der Waals surface area contributed by atoms with Crippen LogP contribution >= 0.6 is 12.6 Å². The lowest BCUT2D eigenvalue weighted by Crippen LogP contribution is -2.11. The van der Waals surface area contributed by atoms with Crippen LogP contribution in [0.15, 0.2) is 30.3 Å². The van der Waals surface area contributed by atoms with Crippen LogP contribution in [-0.2, 0) is 9.47 Å². The van der Waals surface area contributed by atoms with Crippen LogP contribution < -0.4 is 0 Å². The molecule has 1 aliphatic rings. The van der Waals surface area contributed by atoms with Crippen LogP contribution in [0.3, 0.4) is 0 Å². The second-order valence-corrected chi connectivity index (χ2v) is 6.24. The highest BCUT2D eigenvalue weighted by molar-refractivity contribution is 7.80. The minimum absolute atomic E-state index is 0.254. The molecule has 116 valence electrons. The smallest absolute Gasteiger partial charge is 0.338 e. The van der Waals surface area contributed by atoms with Crippen molar-refractivity contribution in [3.05, 3.63) is 35.9 Å². The van der Waals surface area contributed by atoms with Gasteiger partial charge in [-0.2, -0.15) is 12.6 Å². The Balaban J connectivity index is 1.54. The lowest BCUT2D eigenvalue weighted by Gasteiger charge is -2.13. The van der Waals surface area contributed by atoms with E-state index in [2.05, 4.69) is 12.6 Å². The van der Waals surface area contributed by atoms with Gasteiger partial charge in [-0.15, -0.1) is 0 Å². The average Bonchev–Trinajstić information content (AvgIpc) is 3.01. The highest BCUT2D eigenvalue weighted by Crippen LogP contribution is 2.20. The molecule has 2 rings (SSSR count). The summed E-state index contributed by atoms with van der Waals surface area (Å²) in [5.41, 5.74) is 0.603. The molecule has 1 aliphatic heterocycles. The van der Waals surface area contributed by atoms with Gasteiger partial charge in [0.05, 0.1) is 18.3 Å². The number of carbonyl (C=O) groups excluding carboxylic acids is 1. The molecule has 2 atom stereocenters. The van der Waals surface area contributed by atoms with E-state index in [4.69, 9.17) is 9.47 Å². The van der Waals surface area contributed by atoms with Crippen molar-refractivity contribution in [1.82, 2.24) is 0 Å². The van der Waals surface area contributed by atoms with Gasteiger partial charge in [-0.3, -0.25) is 0 Å². The molecule has 0 aromatic heterocycles. The third kappa shape index (κ3) is 6.10. The predicted molar refractivity (Wildman–Crippen MR) is 86.9 cm³/mol. The zero-order valence-electron chi connectivity index (χ0n) is 12.4. The summed E-state index contributed by atoms with van der Waals surface area (Å²) in [7, 11) is 0. The van der Waals surface area contributed by atoms with Gasteiger partial charge in [0.25, 0.3) is 0 Å². The average molecular weight is 308 g/mol. The lowest BCUT2D eigenvalue weighted by atomic mass is 10.1. The van der Waals surface area contributed by atoms with Crippen LogP contribution in [0.4, 0.5) is 0 Å². The number of rotatable bonds is 8. The summed E-state index contributed by atoms with van der Waals surface area (Å²) in [5.74, 6) is -0.254. The fourth-order valence-electron chi connectivity index (χ4n) is 2.54. The maximum absolute atomic E-state index is 11.8. The first-order chi connectivity index (χ1) is 10.3. The number of carbonyl (C=O) groups is 1. The van der Waals surface area contributed by atoms with Crippen molar-refractivity contribution in [2.45, 2.75) is 49.9 Å². The Kier molecular flexibility index (Phi) is 7.10. The minimum Gasteiger partial charge on any atom is -0.462 e. The van der Waals surface area contributed by atoms with Crippen LogP contribution in [0.25, 0.3) is 0 Å². The van der Waals surface area contributed by atoms with Gasteiger partial charge in [0.2, 0.25) is 0 Å². The van der Waals surface area contributed by atoms with Crippen molar-refractivity contribution in [2.24, 2.45) is 0 Å². The third-order valence-electron chi connectivity index (χ3n) is 3.78. The third-order valence-corrected chi connectivity index (χ3v) is 4.30. The summed E-state index contributed by atoms with van der Waals surface area (Å²) in [5, 5.41) is 0.287. The van der Waals surface area contributed by atoms with E-state index in [1.807, 2.05) is 18.2 Å². The van der Waals surface area contributed by atoms with Crippen molar-refractivity contribution in [1.29, 1.82) is 0 Å². The van der Waals surface area contributed by atoms with Gasteiger partial charge in [-0.25, -0.2) is 4.79 Å². The Bertz CT molecular complexity index is 415. The van der Waals surface area contributed by atoms with Gasteiger partial charge in [-0.1, -0.05) is 18.2 Å². The Morgan fingerprint density at radius 3 is 2.86 bits per heavy atom. The topological polar surface area (TPSA) is 35.5 Å². The molecule has 0 saturated carbocycles. The lowest BCUT2D eigenvalue weighted by molar-refractivity contribution is 0.0499. The van der Waals surface area contributed by atoms with Gasteiger partial charge < -0.3 is 9.47 Å². The molecule has 0 spiro atoms. The molecule has 0 radical (unpaired) electrons. The van der Waals surface area contributed by atoms with E-state index in [0.29, 0.717) is 18.3 Å². The van der Waals surface area contributed by atoms with Crippen molar-refractivity contribution in [2.75, 3.05) is 13.2 Å². The molecule has 0 N–H and O–H groups in total. The maximum Gasteiger partial charge on any atom is 0.338 e. The normalized spacial score (nSPS) is 19.4. The summed E-state index contributed by atoms with van der Waals surface area (Å²) in [6.45, 7) is 1.35. The van der Waals surface area contributed by atoms with Crippen LogP contribution in [-0.4, -0.2) is 30.5 Å². The summed E-state index contributed by atoms with van der Waals surface area (Å²) >= 11 is 4.56. The van der Waals surface area contributed by atoms with Crippen molar-refractivity contribution >= 4 is 18.6 Å². The summed E-state index contributed by atoms with van der Waals surface area (Å²) in [6.07, 6.45) is 6.96. The van der Waals surface area contributed by atoms with Crippen LogP contribution in [0.2, 0.25) is 0 Å². The van der Waals surface area contributed by atoms with Gasteiger partial charge >= 0.3 is 5.97 Å². The minimum atomic E-state index is -0.254. The molecular formula is C17H24O3S. The predicted octanol–water partition coefficient (Wildman–Crippen LogP) is 3.88. The standard InChI is InChI=1S/C17H24O3S/c18-17(14-6-2-1-3-7-14)20-13-11-16(21)10-4-8-15-9-5-12-19-15/h1-3,6-7,15-16,21H,4-5,8-13H2. The van der Waals surface area contributed by atoms with Crippen LogP contribution in [0.1, 0.15) is 48.9 Å². The van der Waals surface area contributed by atoms with Crippen LogP contribution in [0.5, 0.6) is 0 Å². The first kappa shape index (κ1) is 16.4. The number of hydrogen-bond acceptors (Lipinski definition) is 4. The largest absolute Gasteiger partial charge is 0.462 e. The molecule has 1 fully saturated rings. The highest BCUT2D eigenvalue weighted by atomic mass is 32.1. The van der Waals surface area contributed by atoms with Crippen molar-refractivity contribution in [3.63, 3.8) is 0 Å². The second-order valence-electron chi connectivity index (χ2n) is 5.51. The molecule has 1 heterocycles. The molecule has 4 heteroatoms. The zero-order valence-corrected chi connectivity index (χ0v) is 13.3.